The first-order valence-corrected chi connectivity index (χ1v) is 6.54. The minimum absolute atomic E-state index is 0.377. The largest absolute Gasteiger partial charge is 0.388 e. The Labute approximate surface area is 115 Å². The number of piperidine rings is 1. The highest BCUT2D eigenvalue weighted by Crippen LogP contribution is 2.32. The summed E-state index contributed by atoms with van der Waals surface area (Å²) in [5.74, 6) is 0. The number of quaternary nitrogens is 1. The molecule has 0 radical (unpaired) electrons. The zero-order valence-electron chi connectivity index (χ0n) is 11.0. The Morgan fingerprint density at radius 1 is 1.05 bits per heavy atom. The van der Waals surface area contributed by atoms with Crippen LogP contribution in [0, 0.1) is 20.2 Å². The highest BCUT2D eigenvalue weighted by Gasteiger charge is 2.26. The van der Waals surface area contributed by atoms with Crippen molar-refractivity contribution in [3.63, 3.8) is 0 Å². The molecular weight excluding hydrogens is 264 g/mol. The first-order valence-electron chi connectivity index (χ1n) is 6.54. The van der Waals surface area contributed by atoms with E-state index in [1.807, 2.05) is 0 Å². The number of nitrogen functional groups attached to an aromatic ring is 1. The average molecular weight is 281 g/mol. The number of nitro benzene ring substituents is 2. The molecular formula is C12H17N4O4+. The van der Waals surface area contributed by atoms with Crippen molar-refractivity contribution in [1.29, 1.82) is 0 Å². The molecule has 3 N–H and O–H groups in total. The molecule has 0 saturated carbocycles. The van der Waals surface area contributed by atoms with Gasteiger partial charge in [-0.05, 0) is 19.3 Å². The predicted octanol–water partition coefficient (Wildman–Crippen LogP) is 0.654. The van der Waals surface area contributed by atoms with Crippen LogP contribution >= 0.6 is 0 Å². The Bertz CT molecular complexity index is 505. The van der Waals surface area contributed by atoms with Gasteiger partial charge >= 0.3 is 0 Å². The third-order valence-electron chi connectivity index (χ3n) is 3.60. The first-order chi connectivity index (χ1) is 9.49. The second-order valence-electron chi connectivity index (χ2n) is 5.05. The molecule has 0 aromatic heterocycles. The van der Waals surface area contributed by atoms with Crippen molar-refractivity contribution in [3.8, 4) is 0 Å². The van der Waals surface area contributed by atoms with E-state index in [-0.39, 0.29) is 17.1 Å². The maximum Gasteiger partial charge on any atom is 0.299 e. The molecule has 0 spiro atoms. The van der Waals surface area contributed by atoms with Crippen LogP contribution in [0.3, 0.4) is 0 Å². The zero-order chi connectivity index (χ0) is 14.7. The van der Waals surface area contributed by atoms with Crippen LogP contribution in [0.15, 0.2) is 12.1 Å². The zero-order valence-corrected chi connectivity index (χ0v) is 11.0. The molecule has 1 aliphatic rings. The van der Waals surface area contributed by atoms with Crippen molar-refractivity contribution < 1.29 is 14.7 Å². The lowest BCUT2D eigenvalue weighted by Gasteiger charge is -2.23. The molecule has 0 unspecified atom stereocenters. The number of nitrogens with zero attached hydrogens (tertiary/aromatic N) is 2. The molecule has 0 aliphatic carbocycles. The van der Waals surface area contributed by atoms with E-state index in [9.17, 15) is 20.2 Å². The highest BCUT2D eigenvalue weighted by atomic mass is 16.6. The summed E-state index contributed by atoms with van der Waals surface area (Å²) in [6.07, 6.45) is 3.44. The molecule has 8 nitrogen and oxygen atoms in total. The van der Waals surface area contributed by atoms with Gasteiger partial charge in [-0.15, -0.1) is 0 Å². The molecule has 2 rings (SSSR count). The molecule has 0 bridgehead atoms. The third-order valence-corrected chi connectivity index (χ3v) is 3.60. The van der Waals surface area contributed by atoms with Gasteiger partial charge in [0.15, 0.2) is 5.69 Å². The molecule has 20 heavy (non-hydrogen) atoms. The number of hydrogen-bond donors (Lipinski definition) is 2. The molecule has 108 valence electrons. The normalized spacial score (nSPS) is 16.0. The number of nitro groups is 2. The number of rotatable bonds is 4. The van der Waals surface area contributed by atoms with Crippen molar-refractivity contribution in [1.82, 2.24) is 0 Å². The smallest absolute Gasteiger partial charge is 0.299 e. The quantitative estimate of drug-likeness (QED) is 0.477. The van der Waals surface area contributed by atoms with Gasteiger partial charge in [0.2, 0.25) is 0 Å². The van der Waals surface area contributed by atoms with Gasteiger partial charge in [0, 0.05) is 17.7 Å². The number of benzene rings is 1. The highest BCUT2D eigenvalue weighted by molar-refractivity contribution is 5.71. The second kappa shape index (κ2) is 5.83. The lowest BCUT2D eigenvalue weighted by Crippen LogP contribution is -3.11. The maximum absolute atomic E-state index is 10.9. The summed E-state index contributed by atoms with van der Waals surface area (Å²) in [6, 6.07) is 2.70. The molecule has 1 heterocycles. The van der Waals surface area contributed by atoms with Crippen LogP contribution in [0.4, 0.5) is 17.1 Å². The lowest BCUT2D eigenvalue weighted by molar-refractivity contribution is -0.918. The SMILES string of the molecule is Nc1c([N+](=O)[O-])cc(C[NH+]2CCCCC2)cc1[N+](=O)[O-]. The van der Waals surface area contributed by atoms with E-state index in [0.717, 1.165) is 25.9 Å². The molecule has 1 saturated heterocycles. The fourth-order valence-electron chi connectivity index (χ4n) is 2.60. The average Bonchev–Trinajstić information content (AvgIpc) is 2.41. The third kappa shape index (κ3) is 3.02. The van der Waals surface area contributed by atoms with Crippen molar-refractivity contribution in [2.75, 3.05) is 18.8 Å². The Hall–Kier alpha value is -2.22. The fourth-order valence-corrected chi connectivity index (χ4v) is 2.60. The topological polar surface area (TPSA) is 117 Å². The van der Waals surface area contributed by atoms with Gasteiger partial charge in [0.05, 0.1) is 22.9 Å². The van der Waals surface area contributed by atoms with Crippen LogP contribution in [0.1, 0.15) is 24.8 Å². The molecule has 1 fully saturated rings. The van der Waals surface area contributed by atoms with Crippen LogP contribution in [0.5, 0.6) is 0 Å². The second-order valence-corrected chi connectivity index (χ2v) is 5.05. The van der Waals surface area contributed by atoms with Crippen LogP contribution in [0.25, 0.3) is 0 Å². The minimum atomic E-state index is -0.669. The van der Waals surface area contributed by atoms with E-state index in [4.69, 9.17) is 5.73 Å². The van der Waals surface area contributed by atoms with Gasteiger partial charge in [-0.1, -0.05) is 0 Å². The first kappa shape index (κ1) is 14.2. The number of hydrogen-bond acceptors (Lipinski definition) is 5. The van der Waals surface area contributed by atoms with E-state index in [1.54, 1.807) is 0 Å². The lowest BCUT2D eigenvalue weighted by atomic mass is 10.1. The molecule has 1 aromatic carbocycles. The van der Waals surface area contributed by atoms with Gasteiger partial charge in [-0.3, -0.25) is 20.2 Å². The summed E-state index contributed by atoms with van der Waals surface area (Å²) in [7, 11) is 0. The fraction of sp³-hybridized carbons (Fsp3) is 0.500. The monoisotopic (exact) mass is 281 g/mol. The molecule has 1 aliphatic heterocycles. The standard InChI is InChI=1S/C12H16N4O4/c13-12-10(15(17)18)6-9(7-11(12)16(19)20)8-14-4-2-1-3-5-14/h6-7H,1-5,8,13H2/p+1. The summed E-state index contributed by atoms with van der Waals surface area (Å²) < 4.78 is 0. The van der Waals surface area contributed by atoms with E-state index >= 15 is 0 Å². The molecule has 8 heteroatoms. The number of anilines is 1. The van der Waals surface area contributed by atoms with E-state index in [1.165, 1.54) is 23.5 Å². The summed E-state index contributed by atoms with van der Waals surface area (Å²) >= 11 is 0. The van der Waals surface area contributed by atoms with Crippen LogP contribution in [-0.2, 0) is 6.54 Å². The van der Waals surface area contributed by atoms with Gasteiger partial charge in [-0.25, -0.2) is 0 Å². The summed E-state index contributed by atoms with van der Waals surface area (Å²) in [5.41, 5.74) is 4.94. The molecule has 0 atom stereocenters. The Morgan fingerprint density at radius 2 is 1.55 bits per heavy atom. The van der Waals surface area contributed by atoms with Crippen molar-refractivity contribution >= 4 is 17.1 Å². The van der Waals surface area contributed by atoms with E-state index in [2.05, 4.69) is 0 Å². The van der Waals surface area contributed by atoms with Gasteiger partial charge in [-0.2, -0.15) is 0 Å². The number of nitrogens with two attached hydrogens (primary N) is 1. The Balaban J connectivity index is 2.32. The summed E-state index contributed by atoms with van der Waals surface area (Å²) in [4.78, 5) is 21.8. The van der Waals surface area contributed by atoms with E-state index in [0.29, 0.717) is 12.1 Å². The summed E-state index contributed by atoms with van der Waals surface area (Å²) in [6.45, 7) is 2.54. The Kier molecular flexibility index (Phi) is 4.14. The predicted molar refractivity (Wildman–Crippen MR) is 72.4 cm³/mol. The van der Waals surface area contributed by atoms with Crippen molar-refractivity contribution in [2.24, 2.45) is 0 Å². The number of likely N-dealkylation sites (tertiary alicyclic amines) is 1. The van der Waals surface area contributed by atoms with Crippen LogP contribution in [0.2, 0.25) is 0 Å². The summed E-state index contributed by atoms with van der Waals surface area (Å²) in [5, 5.41) is 21.9. The Morgan fingerprint density at radius 3 is 2.00 bits per heavy atom. The molecule has 0 amide bonds. The number of nitrogens with one attached hydrogen (secondary N) is 1. The maximum atomic E-state index is 10.9. The van der Waals surface area contributed by atoms with Gasteiger partial charge < -0.3 is 10.6 Å². The van der Waals surface area contributed by atoms with Crippen molar-refractivity contribution in [2.45, 2.75) is 25.8 Å². The van der Waals surface area contributed by atoms with E-state index < -0.39 is 9.85 Å². The van der Waals surface area contributed by atoms with Crippen LogP contribution in [-0.4, -0.2) is 22.9 Å². The van der Waals surface area contributed by atoms with Gasteiger partial charge in [0.1, 0.15) is 6.54 Å². The van der Waals surface area contributed by atoms with Crippen molar-refractivity contribution in [3.05, 3.63) is 37.9 Å². The van der Waals surface area contributed by atoms with Gasteiger partial charge in [0.25, 0.3) is 11.4 Å². The minimum Gasteiger partial charge on any atom is -0.388 e. The molecule has 1 aromatic rings. The van der Waals surface area contributed by atoms with Crippen LogP contribution < -0.4 is 10.6 Å².